The van der Waals surface area contributed by atoms with Crippen LogP contribution in [-0.2, 0) is 22.6 Å². The molecule has 2 aromatic carbocycles. The maximum atomic E-state index is 12.8. The summed E-state index contributed by atoms with van der Waals surface area (Å²) in [6.45, 7) is 1.14. The van der Waals surface area contributed by atoms with E-state index in [0.29, 0.717) is 19.5 Å². The molecular formula is C23H28N2O2. The van der Waals surface area contributed by atoms with Crippen molar-refractivity contribution in [2.24, 2.45) is 0 Å². The van der Waals surface area contributed by atoms with Gasteiger partial charge in [-0.25, -0.2) is 0 Å². The third-order valence-electron chi connectivity index (χ3n) is 5.10. The van der Waals surface area contributed by atoms with Crippen LogP contribution in [0.5, 0.6) is 0 Å². The normalized spacial score (nSPS) is 17.4. The van der Waals surface area contributed by atoms with E-state index in [4.69, 9.17) is 0 Å². The van der Waals surface area contributed by atoms with E-state index < -0.39 is 0 Å². The second-order valence-corrected chi connectivity index (χ2v) is 7.15. The quantitative estimate of drug-likeness (QED) is 0.762. The van der Waals surface area contributed by atoms with Gasteiger partial charge in [0.25, 0.3) is 0 Å². The molecule has 0 saturated carbocycles. The van der Waals surface area contributed by atoms with E-state index in [1.165, 1.54) is 5.56 Å². The molecule has 1 fully saturated rings. The van der Waals surface area contributed by atoms with E-state index >= 15 is 0 Å². The van der Waals surface area contributed by atoms with Crippen molar-refractivity contribution in [2.45, 2.75) is 51.1 Å². The van der Waals surface area contributed by atoms with Crippen LogP contribution in [0.15, 0.2) is 60.7 Å². The maximum Gasteiger partial charge on any atom is 0.242 e. The van der Waals surface area contributed by atoms with Crippen LogP contribution in [0, 0.1) is 0 Å². The lowest BCUT2D eigenvalue weighted by Crippen LogP contribution is -2.48. The molecule has 0 aromatic heterocycles. The van der Waals surface area contributed by atoms with Crippen LogP contribution in [-0.4, -0.2) is 29.3 Å². The first-order valence-electron chi connectivity index (χ1n) is 9.89. The molecule has 1 unspecified atom stereocenters. The summed E-state index contributed by atoms with van der Waals surface area (Å²) >= 11 is 0. The number of hydrogen-bond acceptors (Lipinski definition) is 2. The third kappa shape index (κ3) is 5.68. The van der Waals surface area contributed by atoms with Gasteiger partial charge >= 0.3 is 0 Å². The summed E-state index contributed by atoms with van der Waals surface area (Å²) in [7, 11) is 0. The summed E-state index contributed by atoms with van der Waals surface area (Å²) < 4.78 is 0. The fraction of sp³-hybridized carbons (Fsp3) is 0.391. The third-order valence-corrected chi connectivity index (χ3v) is 5.10. The van der Waals surface area contributed by atoms with E-state index in [2.05, 4.69) is 17.4 Å². The van der Waals surface area contributed by atoms with Crippen molar-refractivity contribution in [2.75, 3.05) is 6.54 Å². The fourth-order valence-corrected chi connectivity index (χ4v) is 3.60. The number of carbonyl (C=O) groups excluding carboxylic acids is 2. The maximum absolute atomic E-state index is 12.8. The van der Waals surface area contributed by atoms with Gasteiger partial charge in [0.15, 0.2) is 0 Å². The largest absolute Gasteiger partial charge is 0.354 e. The summed E-state index contributed by atoms with van der Waals surface area (Å²) in [4.78, 5) is 27.2. The van der Waals surface area contributed by atoms with Crippen molar-refractivity contribution in [3.63, 3.8) is 0 Å². The zero-order chi connectivity index (χ0) is 18.9. The van der Waals surface area contributed by atoms with Gasteiger partial charge in [0.1, 0.15) is 6.04 Å². The Bertz CT molecular complexity index is 731. The Balaban J connectivity index is 1.56. The number of nitrogens with zero attached hydrogens (tertiary/aromatic N) is 1. The van der Waals surface area contributed by atoms with Crippen LogP contribution in [0.3, 0.4) is 0 Å². The van der Waals surface area contributed by atoms with Crippen molar-refractivity contribution in [1.82, 2.24) is 10.2 Å². The Hall–Kier alpha value is -2.62. The SMILES string of the molecule is O=C(NCCCc1ccccc1)C1CCCCC(=O)N1Cc1ccccc1. The smallest absolute Gasteiger partial charge is 0.242 e. The number of aryl methyl sites for hydroxylation is 1. The van der Waals surface area contributed by atoms with Gasteiger partial charge in [0, 0.05) is 19.5 Å². The summed E-state index contributed by atoms with van der Waals surface area (Å²) in [5.74, 6) is 0.0648. The molecular weight excluding hydrogens is 336 g/mol. The Morgan fingerprint density at radius 3 is 2.33 bits per heavy atom. The molecule has 3 rings (SSSR count). The molecule has 1 aliphatic rings. The van der Waals surface area contributed by atoms with E-state index in [0.717, 1.165) is 37.7 Å². The van der Waals surface area contributed by atoms with Gasteiger partial charge in [0.05, 0.1) is 0 Å². The molecule has 0 aliphatic carbocycles. The number of hydrogen-bond donors (Lipinski definition) is 1. The van der Waals surface area contributed by atoms with Crippen LogP contribution >= 0.6 is 0 Å². The zero-order valence-corrected chi connectivity index (χ0v) is 15.8. The molecule has 4 heteroatoms. The minimum Gasteiger partial charge on any atom is -0.354 e. The molecule has 1 heterocycles. The molecule has 1 N–H and O–H groups in total. The summed E-state index contributed by atoms with van der Waals surface area (Å²) in [5.41, 5.74) is 2.34. The van der Waals surface area contributed by atoms with Crippen LogP contribution in [0.2, 0.25) is 0 Å². The highest BCUT2D eigenvalue weighted by molar-refractivity contribution is 5.88. The van der Waals surface area contributed by atoms with Crippen molar-refractivity contribution < 1.29 is 9.59 Å². The van der Waals surface area contributed by atoms with Crippen molar-refractivity contribution in [3.8, 4) is 0 Å². The van der Waals surface area contributed by atoms with Gasteiger partial charge < -0.3 is 10.2 Å². The number of rotatable bonds is 7. The fourth-order valence-electron chi connectivity index (χ4n) is 3.60. The molecule has 0 radical (unpaired) electrons. The molecule has 2 amide bonds. The van der Waals surface area contributed by atoms with Crippen LogP contribution in [0.1, 0.15) is 43.2 Å². The second-order valence-electron chi connectivity index (χ2n) is 7.15. The Morgan fingerprint density at radius 1 is 0.963 bits per heavy atom. The minimum atomic E-state index is -0.364. The molecule has 0 spiro atoms. The molecule has 1 aliphatic heterocycles. The Labute approximate surface area is 161 Å². The standard InChI is InChI=1S/C23H28N2O2/c26-22-16-8-7-15-21(25(22)18-20-12-5-2-6-13-20)23(27)24-17-9-14-19-10-3-1-4-11-19/h1-6,10-13,21H,7-9,14-18H2,(H,24,27). The number of likely N-dealkylation sites (tertiary alicyclic amines) is 1. The topological polar surface area (TPSA) is 49.4 Å². The van der Waals surface area contributed by atoms with Gasteiger partial charge in [-0.1, -0.05) is 67.1 Å². The molecule has 1 saturated heterocycles. The second kappa shape index (κ2) is 9.91. The number of benzene rings is 2. The minimum absolute atomic E-state index is 0.0192. The van der Waals surface area contributed by atoms with Crippen LogP contribution < -0.4 is 5.32 Å². The monoisotopic (exact) mass is 364 g/mol. The first-order valence-corrected chi connectivity index (χ1v) is 9.89. The number of amides is 2. The average molecular weight is 364 g/mol. The van der Waals surface area contributed by atoms with E-state index in [9.17, 15) is 9.59 Å². The van der Waals surface area contributed by atoms with E-state index in [1.807, 2.05) is 48.5 Å². The predicted octanol–water partition coefficient (Wildman–Crippen LogP) is 3.71. The van der Waals surface area contributed by atoms with Crippen molar-refractivity contribution in [3.05, 3.63) is 71.8 Å². The van der Waals surface area contributed by atoms with Gasteiger partial charge in [0.2, 0.25) is 11.8 Å². The van der Waals surface area contributed by atoms with Gasteiger partial charge in [-0.2, -0.15) is 0 Å². The molecule has 27 heavy (non-hydrogen) atoms. The van der Waals surface area contributed by atoms with Gasteiger partial charge in [-0.3, -0.25) is 9.59 Å². The predicted molar refractivity (Wildman–Crippen MR) is 107 cm³/mol. The molecule has 142 valence electrons. The molecule has 2 aromatic rings. The van der Waals surface area contributed by atoms with Gasteiger partial charge in [-0.05, 0) is 36.8 Å². The van der Waals surface area contributed by atoms with Crippen molar-refractivity contribution >= 4 is 11.8 Å². The molecule has 1 atom stereocenters. The van der Waals surface area contributed by atoms with Gasteiger partial charge in [-0.15, -0.1) is 0 Å². The van der Waals surface area contributed by atoms with E-state index in [1.54, 1.807) is 4.90 Å². The highest BCUT2D eigenvalue weighted by Crippen LogP contribution is 2.20. The first kappa shape index (κ1) is 19.2. The van der Waals surface area contributed by atoms with Crippen molar-refractivity contribution in [1.29, 1.82) is 0 Å². The van der Waals surface area contributed by atoms with E-state index in [-0.39, 0.29) is 17.9 Å². The summed E-state index contributed by atoms with van der Waals surface area (Å²) in [5, 5.41) is 3.05. The zero-order valence-electron chi connectivity index (χ0n) is 15.8. The lowest BCUT2D eigenvalue weighted by molar-refractivity contribution is -0.140. The van der Waals surface area contributed by atoms with Crippen LogP contribution in [0.25, 0.3) is 0 Å². The summed E-state index contributed by atoms with van der Waals surface area (Å²) in [6.07, 6.45) is 4.89. The average Bonchev–Trinajstić information content (AvgIpc) is 2.88. The lowest BCUT2D eigenvalue weighted by atomic mass is 10.1. The Kier molecular flexibility index (Phi) is 7.03. The highest BCUT2D eigenvalue weighted by atomic mass is 16.2. The van der Waals surface area contributed by atoms with Crippen LogP contribution in [0.4, 0.5) is 0 Å². The highest BCUT2D eigenvalue weighted by Gasteiger charge is 2.31. The first-order chi connectivity index (χ1) is 13.2. The molecule has 0 bridgehead atoms. The lowest BCUT2D eigenvalue weighted by Gasteiger charge is -2.29. The summed E-state index contributed by atoms with van der Waals surface area (Å²) in [6, 6.07) is 19.8. The Morgan fingerprint density at radius 2 is 1.63 bits per heavy atom. The number of nitrogens with one attached hydrogen (secondary N) is 1. The molecule has 4 nitrogen and oxygen atoms in total. The number of carbonyl (C=O) groups is 2.